The molecule has 22 heavy (non-hydrogen) atoms. The van der Waals surface area contributed by atoms with Crippen molar-refractivity contribution < 1.29 is 9.59 Å². The number of nitrogens with zero attached hydrogens (tertiary/aromatic N) is 2. The molecule has 2 amide bonds. The fourth-order valence-corrected chi connectivity index (χ4v) is 3.07. The molecule has 0 radical (unpaired) electrons. The number of hydrogen-bond acceptors (Lipinski definition) is 3. The lowest BCUT2D eigenvalue weighted by molar-refractivity contribution is -0.124. The number of nitrogens with one attached hydrogen (secondary N) is 2. The maximum atomic E-state index is 12.1. The molecule has 0 aliphatic heterocycles. The summed E-state index contributed by atoms with van der Waals surface area (Å²) in [6.07, 6.45) is 5.75. The van der Waals surface area contributed by atoms with Crippen LogP contribution in [-0.2, 0) is 23.1 Å². The van der Waals surface area contributed by atoms with Crippen molar-refractivity contribution in [3.8, 4) is 0 Å². The highest BCUT2D eigenvalue weighted by molar-refractivity contribution is 5.93. The fourth-order valence-electron chi connectivity index (χ4n) is 3.07. The maximum absolute atomic E-state index is 12.1. The van der Waals surface area contributed by atoms with E-state index >= 15 is 0 Å². The van der Waals surface area contributed by atoms with Crippen LogP contribution in [0.5, 0.6) is 0 Å². The fraction of sp³-hybridized carbons (Fsp3) is 0.688. The average molecular weight is 306 g/mol. The highest BCUT2D eigenvalue weighted by atomic mass is 16.2. The first-order valence-corrected chi connectivity index (χ1v) is 8.13. The van der Waals surface area contributed by atoms with E-state index in [1.165, 1.54) is 12.8 Å². The molecule has 1 aromatic heterocycles. The normalized spacial score (nSPS) is 15.0. The van der Waals surface area contributed by atoms with Crippen LogP contribution in [0, 0.1) is 6.92 Å². The van der Waals surface area contributed by atoms with Crippen LogP contribution in [-0.4, -0.2) is 27.6 Å². The van der Waals surface area contributed by atoms with Crippen LogP contribution in [0.3, 0.4) is 0 Å². The molecule has 1 aliphatic rings. The van der Waals surface area contributed by atoms with Gasteiger partial charge in [0.15, 0.2) is 0 Å². The van der Waals surface area contributed by atoms with E-state index in [2.05, 4.69) is 15.7 Å². The van der Waals surface area contributed by atoms with E-state index in [4.69, 9.17) is 0 Å². The van der Waals surface area contributed by atoms with E-state index in [9.17, 15) is 9.59 Å². The van der Waals surface area contributed by atoms with Crippen molar-refractivity contribution in [2.24, 2.45) is 7.05 Å². The molecule has 1 aliphatic carbocycles. The first-order chi connectivity index (χ1) is 10.5. The van der Waals surface area contributed by atoms with Gasteiger partial charge in [0.1, 0.15) is 5.82 Å². The highest BCUT2D eigenvalue weighted by Gasteiger charge is 2.18. The summed E-state index contributed by atoms with van der Waals surface area (Å²) in [5.74, 6) is 0.569. The Morgan fingerprint density at radius 1 is 1.23 bits per heavy atom. The Morgan fingerprint density at radius 3 is 2.50 bits per heavy atom. The van der Waals surface area contributed by atoms with Gasteiger partial charge in [-0.1, -0.05) is 19.8 Å². The molecule has 0 bridgehead atoms. The van der Waals surface area contributed by atoms with E-state index in [1.54, 1.807) is 4.68 Å². The smallest absolute Gasteiger partial charge is 0.226 e. The lowest BCUT2D eigenvalue weighted by Gasteiger charge is -2.12. The van der Waals surface area contributed by atoms with E-state index in [0.717, 1.165) is 36.3 Å². The van der Waals surface area contributed by atoms with E-state index in [0.29, 0.717) is 6.04 Å². The number of anilines is 1. The predicted octanol–water partition coefficient (Wildman–Crippen LogP) is 2.07. The molecule has 6 nitrogen and oxygen atoms in total. The van der Waals surface area contributed by atoms with Crippen LogP contribution in [0.25, 0.3) is 0 Å². The van der Waals surface area contributed by atoms with Gasteiger partial charge in [0.25, 0.3) is 0 Å². The number of hydrogen-bond donors (Lipinski definition) is 2. The average Bonchev–Trinajstić information content (AvgIpc) is 3.05. The van der Waals surface area contributed by atoms with Gasteiger partial charge >= 0.3 is 0 Å². The molecule has 0 aromatic carbocycles. The Balaban J connectivity index is 1.81. The van der Waals surface area contributed by atoms with Crippen LogP contribution >= 0.6 is 0 Å². The zero-order valence-electron chi connectivity index (χ0n) is 13.7. The Hall–Kier alpha value is -1.85. The summed E-state index contributed by atoms with van der Waals surface area (Å²) in [5, 5.41) is 10.2. The number of amides is 2. The van der Waals surface area contributed by atoms with Crippen molar-refractivity contribution in [1.29, 1.82) is 0 Å². The molecule has 1 saturated carbocycles. The van der Waals surface area contributed by atoms with Crippen molar-refractivity contribution in [1.82, 2.24) is 15.1 Å². The zero-order valence-corrected chi connectivity index (χ0v) is 13.7. The molecule has 0 unspecified atom stereocenters. The molecule has 2 N–H and O–H groups in total. The second-order valence-corrected chi connectivity index (χ2v) is 5.99. The molecule has 6 heteroatoms. The second kappa shape index (κ2) is 7.42. The van der Waals surface area contributed by atoms with Gasteiger partial charge in [0, 0.05) is 31.5 Å². The minimum Gasteiger partial charge on any atom is -0.353 e. The summed E-state index contributed by atoms with van der Waals surface area (Å²) < 4.78 is 1.69. The van der Waals surface area contributed by atoms with Crippen molar-refractivity contribution in [3.05, 3.63) is 11.3 Å². The van der Waals surface area contributed by atoms with Crippen LogP contribution in [0.2, 0.25) is 0 Å². The summed E-state index contributed by atoms with van der Waals surface area (Å²) in [7, 11) is 1.81. The first-order valence-electron chi connectivity index (χ1n) is 8.13. The Labute approximate surface area is 131 Å². The maximum Gasteiger partial charge on any atom is 0.226 e. The molecule has 1 heterocycles. The SMILES string of the molecule is CCc1c(C)nn(C)c1NC(=O)CCC(=O)NC1CCCC1. The number of carbonyl (C=O) groups is 2. The van der Waals surface area contributed by atoms with Crippen molar-refractivity contribution in [2.75, 3.05) is 5.32 Å². The third kappa shape index (κ3) is 4.08. The van der Waals surface area contributed by atoms with E-state index in [-0.39, 0.29) is 24.7 Å². The molecular formula is C16H26N4O2. The molecule has 1 aromatic rings. The Bertz CT molecular complexity index is 545. The topological polar surface area (TPSA) is 76.0 Å². The number of rotatable bonds is 6. The van der Waals surface area contributed by atoms with Gasteiger partial charge < -0.3 is 10.6 Å². The Morgan fingerprint density at radius 2 is 1.86 bits per heavy atom. The van der Waals surface area contributed by atoms with Crippen molar-refractivity contribution in [3.63, 3.8) is 0 Å². The summed E-state index contributed by atoms with van der Waals surface area (Å²) in [5.41, 5.74) is 1.98. The standard InChI is InChI=1S/C16H26N4O2/c1-4-13-11(2)19-20(3)16(13)18-15(22)10-9-14(21)17-12-7-5-6-8-12/h12H,4-10H2,1-3H3,(H,17,21)(H,18,22). The van der Waals surface area contributed by atoms with Crippen LogP contribution in [0.1, 0.15) is 56.7 Å². The third-order valence-electron chi connectivity index (χ3n) is 4.26. The minimum atomic E-state index is -0.140. The number of aryl methyl sites for hydroxylation is 2. The Kier molecular flexibility index (Phi) is 5.57. The highest BCUT2D eigenvalue weighted by Crippen LogP contribution is 2.20. The largest absolute Gasteiger partial charge is 0.353 e. The quantitative estimate of drug-likeness (QED) is 0.844. The van der Waals surface area contributed by atoms with Gasteiger partial charge in [-0.25, -0.2) is 0 Å². The predicted molar refractivity (Wildman–Crippen MR) is 85.6 cm³/mol. The van der Waals surface area contributed by atoms with Crippen LogP contribution in [0.4, 0.5) is 5.82 Å². The molecule has 0 atom stereocenters. The first kappa shape index (κ1) is 16.5. The molecule has 122 valence electrons. The van der Waals surface area contributed by atoms with Gasteiger partial charge in [-0.15, -0.1) is 0 Å². The number of carbonyl (C=O) groups excluding carboxylic acids is 2. The van der Waals surface area contributed by atoms with Crippen LogP contribution in [0.15, 0.2) is 0 Å². The van der Waals surface area contributed by atoms with E-state index in [1.807, 2.05) is 20.9 Å². The molecule has 2 rings (SSSR count). The van der Waals surface area contributed by atoms with Gasteiger partial charge in [-0.2, -0.15) is 5.10 Å². The number of aromatic nitrogens is 2. The lowest BCUT2D eigenvalue weighted by Crippen LogP contribution is -2.33. The van der Waals surface area contributed by atoms with Gasteiger partial charge in [0.05, 0.1) is 5.69 Å². The van der Waals surface area contributed by atoms with Gasteiger partial charge in [0.2, 0.25) is 11.8 Å². The summed E-state index contributed by atoms with van der Waals surface area (Å²) >= 11 is 0. The van der Waals surface area contributed by atoms with E-state index < -0.39 is 0 Å². The minimum absolute atomic E-state index is 0.0287. The van der Waals surface area contributed by atoms with Crippen molar-refractivity contribution >= 4 is 17.6 Å². The molecular weight excluding hydrogens is 280 g/mol. The molecule has 1 fully saturated rings. The summed E-state index contributed by atoms with van der Waals surface area (Å²) in [4.78, 5) is 23.9. The monoisotopic (exact) mass is 306 g/mol. The zero-order chi connectivity index (χ0) is 16.1. The summed E-state index contributed by atoms with van der Waals surface area (Å²) in [6.45, 7) is 3.97. The molecule has 0 saturated heterocycles. The summed E-state index contributed by atoms with van der Waals surface area (Å²) in [6, 6.07) is 0.307. The second-order valence-electron chi connectivity index (χ2n) is 5.99. The van der Waals surface area contributed by atoms with Gasteiger partial charge in [-0.3, -0.25) is 14.3 Å². The third-order valence-corrected chi connectivity index (χ3v) is 4.26. The molecule has 0 spiro atoms. The van der Waals surface area contributed by atoms with Crippen molar-refractivity contribution in [2.45, 2.75) is 64.8 Å². The lowest BCUT2D eigenvalue weighted by atomic mass is 10.2. The van der Waals surface area contributed by atoms with Gasteiger partial charge in [-0.05, 0) is 26.2 Å². The van der Waals surface area contributed by atoms with Crippen LogP contribution < -0.4 is 10.6 Å².